The average Bonchev–Trinajstić information content (AvgIpc) is 3.67. The van der Waals surface area contributed by atoms with E-state index in [4.69, 9.17) is 4.74 Å². The Bertz CT molecular complexity index is 1620. The van der Waals surface area contributed by atoms with E-state index in [1.165, 1.54) is 0 Å². The Hall–Kier alpha value is -3.65. The molecule has 0 atom stereocenters. The summed E-state index contributed by atoms with van der Waals surface area (Å²) in [5.41, 5.74) is 3.22. The Morgan fingerprint density at radius 1 is 1.05 bits per heavy atom. The van der Waals surface area contributed by atoms with Crippen LogP contribution in [0.15, 0.2) is 65.5 Å². The molecule has 2 aliphatic heterocycles. The lowest BCUT2D eigenvalue weighted by Gasteiger charge is -2.44. The van der Waals surface area contributed by atoms with Crippen molar-refractivity contribution in [3.05, 3.63) is 76.7 Å². The number of rotatable bonds is 3. The Morgan fingerprint density at radius 2 is 1.87 bits per heavy atom. The maximum Gasteiger partial charge on any atom is 0.254 e. The van der Waals surface area contributed by atoms with E-state index in [0.29, 0.717) is 55.3 Å². The molecule has 1 amide bonds. The van der Waals surface area contributed by atoms with Gasteiger partial charge in [0, 0.05) is 71.5 Å². The molecule has 0 radical (unpaired) electrons. The molecule has 4 heterocycles. The van der Waals surface area contributed by atoms with Crippen LogP contribution in [0.25, 0.3) is 22.0 Å². The number of aromatic hydroxyl groups is 1. The third-order valence-electron chi connectivity index (χ3n) is 8.09. The number of halogens is 1. The number of carbonyl (C=O) groups is 2. The number of hydrogen-bond acceptors (Lipinski definition) is 5. The van der Waals surface area contributed by atoms with E-state index in [2.05, 4.69) is 25.5 Å². The lowest BCUT2D eigenvalue weighted by molar-refractivity contribution is -0.00570. The number of Topliss-reactive ketones (excluding diaryl/α,β-unsaturated/α-hetero) is 1. The van der Waals surface area contributed by atoms with Crippen molar-refractivity contribution in [2.45, 2.75) is 43.7 Å². The van der Waals surface area contributed by atoms with Gasteiger partial charge < -0.3 is 19.3 Å². The van der Waals surface area contributed by atoms with Crippen molar-refractivity contribution in [1.29, 1.82) is 0 Å². The quantitative estimate of drug-likeness (QED) is 0.319. The standard InChI is InChI=1S/C30H26BrN3O4/c31-21-11-20(16-32-17-21)18-1-4-28-24(12-18)27(36)15-30(38-28)6-9-33(10-7-30)29(37)19-13-25-23(26(35)14-19)5-8-34(25)22-2-3-22/h1,4-5,8,11-14,16-17,22,35H,2-3,6-7,9-10,15H2. The molecular weight excluding hydrogens is 546 g/mol. The fourth-order valence-corrected chi connectivity index (χ4v) is 6.22. The number of aromatic nitrogens is 2. The van der Waals surface area contributed by atoms with E-state index in [1.807, 2.05) is 47.5 Å². The predicted molar refractivity (Wildman–Crippen MR) is 147 cm³/mol. The van der Waals surface area contributed by atoms with Crippen LogP contribution >= 0.6 is 15.9 Å². The molecule has 192 valence electrons. The number of hydrogen-bond donors (Lipinski definition) is 1. The number of carbonyl (C=O) groups excluding carboxylic acids is 2. The molecule has 7 rings (SSSR count). The SMILES string of the molecule is O=C1CC2(CCN(C(=O)c3cc(O)c4ccn(C5CC5)c4c3)CC2)Oc2ccc(-c3cncc(Br)c3)cc21. The Kier molecular flexibility index (Phi) is 5.37. The number of phenolic OH excluding ortho intramolecular Hbond substituents is 1. The molecule has 2 aromatic carbocycles. The van der Waals surface area contributed by atoms with Crippen LogP contribution in [-0.4, -0.2) is 49.9 Å². The van der Waals surface area contributed by atoms with E-state index in [0.717, 1.165) is 39.3 Å². The van der Waals surface area contributed by atoms with Gasteiger partial charge >= 0.3 is 0 Å². The monoisotopic (exact) mass is 571 g/mol. The number of ether oxygens (including phenoxy) is 1. The van der Waals surface area contributed by atoms with Gasteiger partial charge in [-0.25, -0.2) is 0 Å². The van der Waals surface area contributed by atoms with Gasteiger partial charge in [-0.2, -0.15) is 0 Å². The molecule has 1 aliphatic carbocycles. The van der Waals surface area contributed by atoms with Crippen molar-refractivity contribution >= 4 is 38.5 Å². The van der Waals surface area contributed by atoms with E-state index >= 15 is 0 Å². The highest BCUT2D eigenvalue weighted by molar-refractivity contribution is 9.10. The molecular formula is C30H26BrN3O4. The van der Waals surface area contributed by atoms with Gasteiger partial charge in [0.15, 0.2) is 5.78 Å². The minimum atomic E-state index is -0.605. The van der Waals surface area contributed by atoms with Crippen LogP contribution in [0.4, 0.5) is 0 Å². The molecule has 7 nitrogen and oxygen atoms in total. The third-order valence-corrected chi connectivity index (χ3v) is 8.53. The van der Waals surface area contributed by atoms with E-state index in [-0.39, 0.29) is 17.4 Å². The van der Waals surface area contributed by atoms with Crippen LogP contribution in [0.5, 0.6) is 11.5 Å². The minimum Gasteiger partial charge on any atom is -0.507 e. The summed E-state index contributed by atoms with van der Waals surface area (Å²) in [5.74, 6) is 0.695. The third kappa shape index (κ3) is 3.98. The van der Waals surface area contributed by atoms with Crippen molar-refractivity contribution in [1.82, 2.24) is 14.5 Å². The normalized spacial score (nSPS) is 18.4. The number of piperidine rings is 1. The Labute approximate surface area is 228 Å². The average molecular weight is 572 g/mol. The molecule has 2 fully saturated rings. The first kappa shape index (κ1) is 23.5. The number of nitrogens with zero attached hydrogens (tertiary/aromatic N) is 3. The van der Waals surface area contributed by atoms with Gasteiger partial charge in [0.1, 0.15) is 17.1 Å². The summed E-state index contributed by atoms with van der Waals surface area (Å²) in [4.78, 5) is 32.7. The van der Waals surface area contributed by atoms with Crippen molar-refractivity contribution in [3.63, 3.8) is 0 Å². The zero-order valence-corrected chi connectivity index (χ0v) is 22.3. The second-order valence-electron chi connectivity index (χ2n) is 10.7. The van der Waals surface area contributed by atoms with Gasteiger partial charge in [-0.15, -0.1) is 0 Å². The smallest absolute Gasteiger partial charge is 0.254 e. The molecule has 38 heavy (non-hydrogen) atoms. The van der Waals surface area contributed by atoms with E-state index in [1.54, 1.807) is 18.5 Å². The summed E-state index contributed by atoms with van der Waals surface area (Å²) in [6.45, 7) is 0.983. The van der Waals surface area contributed by atoms with Crippen LogP contribution in [0.2, 0.25) is 0 Å². The van der Waals surface area contributed by atoms with Crippen molar-refractivity contribution in [2.75, 3.05) is 13.1 Å². The molecule has 0 bridgehead atoms. The second kappa shape index (κ2) is 8.70. The Balaban J connectivity index is 1.09. The van der Waals surface area contributed by atoms with Gasteiger partial charge in [0.05, 0.1) is 17.5 Å². The van der Waals surface area contributed by atoms with Gasteiger partial charge in [-0.05, 0) is 70.7 Å². The summed E-state index contributed by atoms with van der Waals surface area (Å²) in [7, 11) is 0. The number of benzene rings is 2. The van der Waals surface area contributed by atoms with Crippen LogP contribution in [0, 0.1) is 0 Å². The molecule has 2 aromatic heterocycles. The van der Waals surface area contributed by atoms with Crippen LogP contribution in [-0.2, 0) is 0 Å². The number of fused-ring (bicyclic) bond motifs is 2. The highest BCUT2D eigenvalue weighted by atomic mass is 79.9. The second-order valence-corrected chi connectivity index (χ2v) is 11.6. The van der Waals surface area contributed by atoms with Gasteiger partial charge in [0.25, 0.3) is 5.91 Å². The van der Waals surface area contributed by atoms with Crippen molar-refractivity contribution in [3.8, 4) is 22.6 Å². The fraction of sp³-hybridized carbons (Fsp3) is 0.300. The molecule has 0 unspecified atom stereocenters. The molecule has 1 spiro atoms. The first-order valence-electron chi connectivity index (χ1n) is 13.0. The van der Waals surface area contributed by atoms with Gasteiger partial charge in [-0.3, -0.25) is 14.6 Å². The highest BCUT2D eigenvalue weighted by Gasteiger charge is 2.44. The highest BCUT2D eigenvalue weighted by Crippen LogP contribution is 2.42. The van der Waals surface area contributed by atoms with E-state index < -0.39 is 5.60 Å². The summed E-state index contributed by atoms with van der Waals surface area (Å²) in [6, 6.07) is 13.5. The summed E-state index contributed by atoms with van der Waals surface area (Å²) in [5, 5.41) is 11.4. The summed E-state index contributed by atoms with van der Waals surface area (Å²) in [6.07, 6.45) is 9.20. The van der Waals surface area contributed by atoms with Crippen LogP contribution < -0.4 is 4.74 Å². The number of pyridine rings is 1. The molecule has 3 aliphatic rings. The Morgan fingerprint density at radius 3 is 2.63 bits per heavy atom. The lowest BCUT2D eigenvalue weighted by Crippen LogP contribution is -2.52. The fourth-order valence-electron chi connectivity index (χ4n) is 5.86. The maximum absolute atomic E-state index is 13.4. The largest absolute Gasteiger partial charge is 0.507 e. The lowest BCUT2D eigenvalue weighted by atomic mass is 9.82. The first-order chi connectivity index (χ1) is 18.4. The molecule has 1 saturated carbocycles. The van der Waals surface area contributed by atoms with Crippen molar-refractivity contribution < 1.29 is 19.4 Å². The first-order valence-corrected chi connectivity index (χ1v) is 13.8. The predicted octanol–water partition coefficient (Wildman–Crippen LogP) is 6.15. The molecule has 1 saturated heterocycles. The summed E-state index contributed by atoms with van der Waals surface area (Å²) >= 11 is 3.45. The minimum absolute atomic E-state index is 0.0621. The number of amides is 1. The number of ketones is 1. The number of phenols is 1. The van der Waals surface area contributed by atoms with Gasteiger partial charge in [-0.1, -0.05) is 6.07 Å². The zero-order chi connectivity index (χ0) is 26.0. The molecule has 1 N–H and O–H groups in total. The van der Waals surface area contributed by atoms with Crippen LogP contribution in [0.3, 0.4) is 0 Å². The maximum atomic E-state index is 13.4. The van der Waals surface area contributed by atoms with E-state index in [9.17, 15) is 14.7 Å². The topological polar surface area (TPSA) is 84.7 Å². The van der Waals surface area contributed by atoms with Crippen LogP contribution in [0.1, 0.15) is 58.9 Å². The molecule has 4 aromatic rings. The molecule has 8 heteroatoms. The summed E-state index contributed by atoms with van der Waals surface area (Å²) < 4.78 is 9.51. The van der Waals surface area contributed by atoms with Gasteiger partial charge in [0.2, 0.25) is 0 Å². The zero-order valence-electron chi connectivity index (χ0n) is 20.7. The number of likely N-dealkylation sites (tertiary alicyclic amines) is 1. The van der Waals surface area contributed by atoms with Crippen molar-refractivity contribution in [2.24, 2.45) is 0 Å².